The first-order valence-electron chi connectivity index (χ1n) is 12.2. The van der Waals surface area contributed by atoms with Crippen LogP contribution in [0.2, 0.25) is 0 Å². The fraction of sp³-hybridized carbons (Fsp3) is 0.720. The van der Waals surface area contributed by atoms with Gasteiger partial charge in [-0.05, 0) is 31.2 Å². The Morgan fingerprint density at radius 1 is 1.12 bits per heavy atom. The maximum atomic E-state index is 5.98. The van der Waals surface area contributed by atoms with Gasteiger partial charge in [0.1, 0.15) is 0 Å². The first-order chi connectivity index (χ1) is 15.5. The third kappa shape index (κ3) is 9.32. The highest BCUT2D eigenvalue weighted by Crippen LogP contribution is 2.25. The SMILES string of the molecule is CN=C(NCC1CN(CC(C)C)CCO1)NCC1(NC(C)c2ccccc2)CCOCC1.I. The molecule has 0 spiro atoms. The molecule has 3 N–H and O–H groups in total. The van der Waals surface area contributed by atoms with Crippen LogP contribution >= 0.6 is 24.0 Å². The molecule has 0 saturated carbocycles. The van der Waals surface area contributed by atoms with Gasteiger partial charge in [-0.15, -0.1) is 24.0 Å². The van der Waals surface area contributed by atoms with Crippen molar-refractivity contribution in [3.63, 3.8) is 0 Å². The van der Waals surface area contributed by atoms with E-state index in [0.717, 1.165) is 71.3 Å². The molecular formula is C25H44IN5O2. The zero-order chi connectivity index (χ0) is 22.8. The van der Waals surface area contributed by atoms with Gasteiger partial charge in [0.15, 0.2) is 5.96 Å². The van der Waals surface area contributed by atoms with Gasteiger partial charge in [-0.2, -0.15) is 0 Å². The quantitative estimate of drug-likeness (QED) is 0.240. The molecule has 1 aromatic carbocycles. The van der Waals surface area contributed by atoms with Crippen molar-refractivity contribution in [3.05, 3.63) is 35.9 Å². The van der Waals surface area contributed by atoms with Gasteiger partial charge in [0.05, 0.1) is 12.7 Å². The van der Waals surface area contributed by atoms with E-state index in [4.69, 9.17) is 9.47 Å². The van der Waals surface area contributed by atoms with Gasteiger partial charge >= 0.3 is 0 Å². The van der Waals surface area contributed by atoms with Gasteiger partial charge < -0.3 is 25.4 Å². The summed E-state index contributed by atoms with van der Waals surface area (Å²) in [5, 5.41) is 11.0. The molecule has 0 amide bonds. The zero-order valence-electron chi connectivity index (χ0n) is 20.8. The molecule has 2 heterocycles. The number of ether oxygens (including phenoxy) is 2. The van der Waals surface area contributed by atoms with Crippen LogP contribution < -0.4 is 16.0 Å². The summed E-state index contributed by atoms with van der Waals surface area (Å²) in [6, 6.07) is 10.9. The Bertz CT molecular complexity index is 697. The molecule has 0 bridgehead atoms. The van der Waals surface area contributed by atoms with Gasteiger partial charge in [-0.25, -0.2) is 0 Å². The lowest BCUT2D eigenvalue weighted by molar-refractivity contribution is -0.0284. The summed E-state index contributed by atoms with van der Waals surface area (Å²) in [6.07, 6.45) is 2.14. The Kier molecular flexibility index (Phi) is 12.4. The van der Waals surface area contributed by atoms with E-state index in [-0.39, 0.29) is 41.7 Å². The topological polar surface area (TPSA) is 70.2 Å². The third-order valence-corrected chi connectivity index (χ3v) is 6.43. The highest BCUT2D eigenvalue weighted by Gasteiger charge is 2.34. The second kappa shape index (κ2) is 14.5. The van der Waals surface area contributed by atoms with E-state index in [1.807, 2.05) is 7.05 Å². The molecule has 7 nitrogen and oxygen atoms in total. The van der Waals surface area contributed by atoms with E-state index < -0.39 is 0 Å². The van der Waals surface area contributed by atoms with Crippen LogP contribution in [0.4, 0.5) is 0 Å². The summed E-state index contributed by atoms with van der Waals surface area (Å²) in [7, 11) is 1.83. The van der Waals surface area contributed by atoms with Crippen molar-refractivity contribution >= 4 is 29.9 Å². The predicted octanol–water partition coefficient (Wildman–Crippen LogP) is 3.03. The predicted molar refractivity (Wildman–Crippen MR) is 147 cm³/mol. The number of nitrogens with one attached hydrogen (secondary N) is 3. The lowest BCUT2D eigenvalue weighted by Crippen LogP contribution is -2.58. The Balaban J connectivity index is 0.00000385. The maximum Gasteiger partial charge on any atom is 0.191 e. The standard InChI is InChI=1S/C25H43N5O2.HI/c1-20(2)17-30-12-15-32-23(18-30)16-27-24(26-4)28-19-25(10-13-31-14-11-25)29-21(3)22-8-6-5-7-9-22;/h5-9,20-21,23,29H,10-19H2,1-4H3,(H2,26,27,28);1H. The summed E-state index contributed by atoms with van der Waals surface area (Å²) >= 11 is 0. The van der Waals surface area contributed by atoms with E-state index in [0.29, 0.717) is 5.92 Å². The van der Waals surface area contributed by atoms with Crippen molar-refractivity contribution < 1.29 is 9.47 Å². The Labute approximate surface area is 217 Å². The highest BCUT2D eigenvalue weighted by atomic mass is 127. The van der Waals surface area contributed by atoms with Crippen molar-refractivity contribution in [2.75, 3.05) is 59.6 Å². The summed E-state index contributed by atoms with van der Waals surface area (Å²) < 4.78 is 11.7. The van der Waals surface area contributed by atoms with E-state index in [2.05, 4.69) is 76.9 Å². The van der Waals surface area contributed by atoms with Crippen LogP contribution in [0, 0.1) is 5.92 Å². The minimum absolute atomic E-state index is 0. The number of guanidine groups is 1. The molecule has 2 fully saturated rings. The molecule has 33 heavy (non-hydrogen) atoms. The lowest BCUT2D eigenvalue weighted by atomic mass is 9.88. The number of hydrogen-bond donors (Lipinski definition) is 3. The highest BCUT2D eigenvalue weighted by molar-refractivity contribution is 14.0. The molecule has 0 aromatic heterocycles. The molecule has 2 atom stereocenters. The average molecular weight is 574 g/mol. The molecule has 3 rings (SSSR count). The van der Waals surface area contributed by atoms with Crippen LogP contribution in [-0.2, 0) is 9.47 Å². The molecule has 0 radical (unpaired) electrons. The maximum absolute atomic E-state index is 5.98. The minimum Gasteiger partial charge on any atom is -0.381 e. The second-order valence-electron chi connectivity index (χ2n) is 9.62. The number of hydrogen-bond acceptors (Lipinski definition) is 5. The van der Waals surface area contributed by atoms with Crippen LogP contribution in [0.5, 0.6) is 0 Å². The fourth-order valence-corrected chi connectivity index (χ4v) is 4.69. The van der Waals surface area contributed by atoms with Gasteiger partial charge in [0, 0.05) is 64.6 Å². The molecule has 188 valence electrons. The van der Waals surface area contributed by atoms with Gasteiger partial charge in [-0.3, -0.25) is 9.89 Å². The van der Waals surface area contributed by atoms with E-state index in [1.165, 1.54) is 5.56 Å². The number of benzene rings is 1. The summed E-state index contributed by atoms with van der Waals surface area (Å²) in [5.41, 5.74) is 1.28. The summed E-state index contributed by atoms with van der Waals surface area (Å²) in [6.45, 7) is 13.8. The molecule has 8 heteroatoms. The van der Waals surface area contributed by atoms with Crippen molar-refractivity contribution in [2.24, 2.45) is 10.9 Å². The largest absolute Gasteiger partial charge is 0.381 e. The summed E-state index contributed by atoms with van der Waals surface area (Å²) in [4.78, 5) is 6.96. The van der Waals surface area contributed by atoms with Gasteiger partial charge in [0.25, 0.3) is 0 Å². The van der Waals surface area contributed by atoms with E-state index >= 15 is 0 Å². The first kappa shape index (κ1) is 28.3. The molecule has 0 aliphatic carbocycles. The smallest absolute Gasteiger partial charge is 0.191 e. The molecule has 2 aliphatic rings. The van der Waals surface area contributed by atoms with Gasteiger partial charge in [0.2, 0.25) is 0 Å². The van der Waals surface area contributed by atoms with Crippen LogP contribution in [-0.4, -0.2) is 82.1 Å². The third-order valence-electron chi connectivity index (χ3n) is 6.43. The van der Waals surface area contributed by atoms with E-state index in [9.17, 15) is 0 Å². The van der Waals surface area contributed by atoms with Crippen molar-refractivity contribution in [2.45, 2.75) is 51.3 Å². The molecular weight excluding hydrogens is 529 g/mol. The zero-order valence-corrected chi connectivity index (χ0v) is 23.1. The average Bonchev–Trinajstić information content (AvgIpc) is 2.80. The lowest BCUT2D eigenvalue weighted by Gasteiger charge is -2.41. The number of morpholine rings is 1. The number of rotatable bonds is 9. The minimum atomic E-state index is -0.0273. The van der Waals surface area contributed by atoms with Crippen molar-refractivity contribution in [3.8, 4) is 0 Å². The Morgan fingerprint density at radius 2 is 1.85 bits per heavy atom. The van der Waals surface area contributed by atoms with Crippen LogP contribution in [0.15, 0.2) is 35.3 Å². The molecule has 2 aliphatic heterocycles. The van der Waals surface area contributed by atoms with E-state index in [1.54, 1.807) is 0 Å². The molecule has 2 unspecified atom stereocenters. The second-order valence-corrected chi connectivity index (χ2v) is 9.62. The number of halogens is 1. The summed E-state index contributed by atoms with van der Waals surface area (Å²) in [5.74, 6) is 1.51. The first-order valence-corrected chi connectivity index (χ1v) is 12.2. The van der Waals surface area contributed by atoms with Crippen LogP contribution in [0.3, 0.4) is 0 Å². The number of nitrogens with zero attached hydrogens (tertiary/aromatic N) is 2. The van der Waals surface area contributed by atoms with Crippen LogP contribution in [0.25, 0.3) is 0 Å². The fourth-order valence-electron chi connectivity index (χ4n) is 4.69. The number of aliphatic imine (C=N–C) groups is 1. The molecule has 1 aromatic rings. The van der Waals surface area contributed by atoms with Gasteiger partial charge in [-0.1, -0.05) is 44.2 Å². The monoisotopic (exact) mass is 573 g/mol. The Hall–Kier alpha value is -0.940. The Morgan fingerprint density at radius 3 is 2.52 bits per heavy atom. The van der Waals surface area contributed by atoms with Crippen LogP contribution in [0.1, 0.15) is 45.2 Å². The van der Waals surface area contributed by atoms with Crippen molar-refractivity contribution in [1.82, 2.24) is 20.9 Å². The molecule has 2 saturated heterocycles. The normalized spacial score (nSPS) is 22.5. The van der Waals surface area contributed by atoms with Crippen molar-refractivity contribution in [1.29, 1.82) is 0 Å².